The second kappa shape index (κ2) is 13.6. The van der Waals surface area contributed by atoms with Crippen LogP contribution in [0.1, 0.15) is 60.5 Å². The van der Waals surface area contributed by atoms with Gasteiger partial charge in [0.25, 0.3) is 0 Å². The molecule has 0 heterocycles. The quantitative estimate of drug-likeness (QED) is 0.400. The van der Waals surface area contributed by atoms with Crippen LogP contribution >= 0.6 is 0 Å². The second-order valence-corrected chi connectivity index (χ2v) is 10.2. The Morgan fingerprint density at radius 3 is 2.00 bits per heavy atom. The number of ether oxygens (including phenoxy) is 2. The van der Waals surface area contributed by atoms with Gasteiger partial charge in [0.05, 0.1) is 0 Å². The summed E-state index contributed by atoms with van der Waals surface area (Å²) < 4.78 is 52.2. The highest BCUT2D eigenvalue weighted by Crippen LogP contribution is 2.27. The van der Waals surface area contributed by atoms with Crippen LogP contribution in [0.4, 0.5) is 13.2 Å². The molecule has 7 nitrogen and oxygen atoms in total. The normalized spacial score (nSPS) is 15.5. The number of carbonyl (C=O) groups is 3. The van der Waals surface area contributed by atoms with Crippen LogP contribution in [0.25, 0.3) is 0 Å². The molecule has 0 saturated heterocycles. The molecule has 1 rings (SSSR count). The van der Waals surface area contributed by atoms with Crippen LogP contribution in [0.5, 0.6) is 0 Å². The zero-order valence-corrected chi connectivity index (χ0v) is 22.1. The molecule has 0 aliphatic heterocycles. The van der Waals surface area contributed by atoms with Crippen molar-refractivity contribution in [3.63, 3.8) is 0 Å². The molecule has 10 heteroatoms. The molecule has 0 unspecified atom stereocenters. The lowest BCUT2D eigenvalue weighted by atomic mass is 9.97. The van der Waals surface area contributed by atoms with Gasteiger partial charge in [-0.3, -0.25) is 9.59 Å². The molecule has 0 aromatic heterocycles. The van der Waals surface area contributed by atoms with E-state index in [0.717, 1.165) is 0 Å². The molecular weight excluding hydrogens is 477 g/mol. The van der Waals surface area contributed by atoms with Crippen molar-refractivity contribution in [1.29, 1.82) is 0 Å². The van der Waals surface area contributed by atoms with Crippen molar-refractivity contribution >= 4 is 17.8 Å². The van der Waals surface area contributed by atoms with Crippen molar-refractivity contribution in [2.75, 3.05) is 6.54 Å². The Kier molecular flexibility index (Phi) is 11.9. The van der Waals surface area contributed by atoms with Gasteiger partial charge in [-0.2, -0.15) is 13.2 Å². The largest absolute Gasteiger partial charge is 0.459 e. The molecule has 0 radical (unpaired) electrons. The minimum Gasteiger partial charge on any atom is -0.459 e. The minimum atomic E-state index is -4.92. The first-order chi connectivity index (χ1) is 16.6. The molecule has 0 bridgehead atoms. The first kappa shape index (κ1) is 31.4. The van der Waals surface area contributed by atoms with E-state index >= 15 is 0 Å². The number of halogens is 3. The van der Waals surface area contributed by atoms with Gasteiger partial charge in [0.15, 0.2) is 0 Å². The molecule has 0 saturated carbocycles. The van der Waals surface area contributed by atoms with E-state index in [1.807, 2.05) is 0 Å². The van der Waals surface area contributed by atoms with E-state index < -0.39 is 60.1 Å². The van der Waals surface area contributed by atoms with Crippen LogP contribution in [0.15, 0.2) is 30.3 Å². The van der Waals surface area contributed by atoms with Crippen molar-refractivity contribution in [3.8, 4) is 0 Å². The van der Waals surface area contributed by atoms with Crippen molar-refractivity contribution in [2.24, 2.45) is 17.8 Å². The van der Waals surface area contributed by atoms with Crippen LogP contribution in [0, 0.1) is 17.8 Å². The molecule has 0 spiro atoms. The zero-order valence-electron chi connectivity index (χ0n) is 22.1. The maximum atomic E-state index is 13.9. The zero-order chi connectivity index (χ0) is 27.7. The number of hydrogen-bond acceptors (Lipinski definition) is 6. The third-order valence-electron chi connectivity index (χ3n) is 5.57. The number of carbonyl (C=O) groups excluding carboxylic acids is 3. The lowest BCUT2D eigenvalue weighted by Crippen LogP contribution is -2.54. The van der Waals surface area contributed by atoms with Gasteiger partial charge < -0.3 is 20.1 Å². The van der Waals surface area contributed by atoms with Gasteiger partial charge in [0, 0.05) is 6.54 Å². The standard InChI is InChI=1S/C26H39F3N2O5/c1-8-17(4)21(24(34)36-25(5,6)7)30-14-19(26(27,28)29)22(32)31-20(16(2)3)23(33)35-15-18-12-10-9-11-13-18/h9-13,16-17,19-21,30H,8,14-15H2,1-7H3,(H,31,32)/t17-,19+,20-,21-/m0/s1. The summed E-state index contributed by atoms with van der Waals surface area (Å²) in [5.41, 5.74) is -0.120. The summed E-state index contributed by atoms with van der Waals surface area (Å²) in [5, 5.41) is 4.79. The van der Waals surface area contributed by atoms with Crippen molar-refractivity contribution in [3.05, 3.63) is 35.9 Å². The van der Waals surface area contributed by atoms with Crippen LogP contribution in [0.2, 0.25) is 0 Å². The number of hydrogen-bond donors (Lipinski definition) is 2. The summed E-state index contributed by atoms with van der Waals surface area (Å²) in [5.74, 6) is -6.25. The van der Waals surface area contributed by atoms with Crippen molar-refractivity contribution < 1.29 is 37.0 Å². The van der Waals surface area contributed by atoms with Crippen molar-refractivity contribution in [1.82, 2.24) is 10.6 Å². The van der Waals surface area contributed by atoms with E-state index in [9.17, 15) is 27.6 Å². The van der Waals surface area contributed by atoms with E-state index in [-0.39, 0.29) is 12.5 Å². The van der Waals surface area contributed by atoms with Gasteiger partial charge >= 0.3 is 18.1 Å². The molecule has 36 heavy (non-hydrogen) atoms. The predicted octanol–water partition coefficient (Wildman–Crippen LogP) is 4.40. The van der Waals surface area contributed by atoms with E-state index in [1.165, 1.54) is 0 Å². The summed E-state index contributed by atoms with van der Waals surface area (Å²) >= 11 is 0. The number of esters is 2. The fourth-order valence-electron chi connectivity index (χ4n) is 3.29. The maximum absolute atomic E-state index is 13.9. The molecule has 4 atom stereocenters. The van der Waals surface area contributed by atoms with Gasteiger partial charge in [-0.25, -0.2) is 4.79 Å². The van der Waals surface area contributed by atoms with Gasteiger partial charge in [0.1, 0.15) is 30.2 Å². The Morgan fingerprint density at radius 1 is 0.944 bits per heavy atom. The lowest BCUT2D eigenvalue weighted by molar-refractivity contribution is -0.185. The monoisotopic (exact) mass is 516 g/mol. The van der Waals surface area contributed by atoms with Crippen LogP contribution in [0.3, 0.4) is 0 Å². The summed E-state index contributed by atoms with van der Waals surface area (Å²) in [4.78, 5) is 37.9. The highest BCUT2D eigenvalue weighted by Gasteiger charge is 2.46. The Morgan fingerprint density at radius 2 is 1.53 bits per heavy atom. The van der Waals surface area contributed by atoms with Crippen LogP contribution in [-0.4, -0.2) is 48.3 Å². The van der Waals surface area contributed by atoms with E-state index in [1.54, 1.807) is 78.8 Å². The Balaban J connectivity index is 2.96. The third kappa shape index (κ3) is 10.6. The first-order valence-corrected chi connectivity index (χ1v) is 12.1. The topological polar surface area (TPSA) is 93.7 Å². The van der Waals surface area contributed by atoms with Crippen LogP contribution < -0.4 is 10.6 Å². The summed E-state index contributed by atoms with van der Waals surface area (Å²) in [7, 11) is 0. The predicted molar refractivity (Wildman–Crippen MR) is 130 cm³/mol. The molecule has 0 aliphatic carbocycles. The molecule has 2 N–H and O–H groups in total. The summed E-state index contributed by atoms with van der Waals surface area (Å²) in [6.07, 6.45) is -4.41. The van der Waals surface area contributed by atoms with Gasteiger partial charge in [0.2, 0.25) is 5.91 Å². The summed E-state index contributed by atoms with van der Waals surface area (Å²) in [6, 6.07) is 6.47. The van der Waals surface area contributed by atoms with Gasteiger partial charge in [-0.15, -0.1) is 0 Å². The number of benzene rings is 1. The fourth-order valence-corrected chi connectivity index (χ4v) is 3.29. The van der Waals surface area contributed by atoms with Crippen molar-refractivity contribution in [2.45, 2.75) is 85.4 Å². The minimum absolute atomic E-state index is 0.0739. The Labute approximate surface area is 211 Å². The highest BCUT2D eigenvalue weighted by molar-refractivity contribution is 5.86. The van der Waals surface area contributed by atoms with Gasteiger partial charge in [-0.1, -0.05) is 64.4 Å². The third-order valence-corrected chi connectivity index (χ3v) is 5.57. The summed E-state index contributed by atoms with van der Waals surface area (Å²) in [6.45, 7) is 10.7. The second-order valence-electron chi connectivity index (χ2n) is 10.2. The van der Waals surface area contributed by atoms with Crippen LogP contribution in [-0.2, 0) is 30.5 Å². The molecule has 0 aliphatic rings. The van der Waals surface area contributed by atoms with Gasteiger partial charge in [-0.05, 0) is 38.2 Å². The maximum Gasteiger partial charge on any atom is 0.401 e. The molecule has 1 aromatic rings. The highest BCUT2D eigenvalue weighted by atomic mass is 19.4. The first-order valence-electron chi connectivity index (χ1n) is 12.1. The Hall–Kier alpha value is -2.62. The smallest absolute Gasteiger partial charge is 0.401 e. The lowest BCUT2D eigenvalue weighted by Gasteiger charge is -2.30. The number of alkyl halides is 3. The Bertz CT molecular complexity index is 853. The molecule has 1 aromatic carbocycles. The molecule has 0 fully saturated rings. The molecule has 204 valence electrons. The number of nitrogens with one attached hydrogen (secondary N) is 2. The SMILES string of the molecule is CC[C@H](C)[C@H](NC[C@H](C(=O)N[C@H](C(=O)OCc1ccccc1)C(C)C)C(F)(F)F)C(=O)OC(C)(C)C. The number of amides is 1. The number of rotatable bonds is 12. The fraction of sp³-hybridized carbons (Fsp3) is 0.654. The average molecular weight is 517 g/mol. The van der Waals surface area contributed by atoms with E-state index in [0.29, 0.717) is 12.0 Å². The molecular formula is C26H39F3N2O5. The van der Waals surface area contributed by atoms with E-state index in [4.69, 9.17) is 9.47 Å². The molecule has 1 amide bonds. The van der Waals surface area contributed by atoms with E-state index in [2.05, 4.69) is 10.6 Å². The average Bonchev–Trinajstić information content (AvgIpc) is 2.76.